The van der Waals surface area contributed by atoms with Gasteiger partial charge in [-0.1, -0.05) is 12.8 Å². The number of pyridine rings is 1. The number of ketones is 1. The van der Waals surface area contributed by atoms with Crippen LogP contribution in [0.15, 0.2) is 30.5 Å². The van der Waals surface area contributed by atoms with Crippen LogP contribution in [0.2, 0.25) is 0 Å². The third-order valence-electron chi connectivity index (χ3n) is 4.78. The molecule has 1 atom stereocenters. The largest absolute Gasteiger partial charge is 0.329 e. The molecule has 1 saturated heterocycles. The Hall–Kier alpha value is -3.00. The van der Waals surface area contributed by atoms with E-state index in [1.165, 1.54) is 17.0 Å². The molecule has 0 spiro atoms. The molecule has 5 heteroatoms. The number of carbonyl (C=O) groups is 2. The van der Waals surface area contributed by atoms with Gasteiger partial charge in [0.2, 0.25) is 5.91 Å². The van der Waals surface area contributed by atoms with Gasteiger partial charge in [0.25, 0.3) is 0 Å². The average Bonchev–Trinajstić information content (AvgIpc) is 2.90. The van der Waals surface area contributed by atoms with Gasteiger partial charge in [-0.15, -0.1) is 5.92 Å². The molecule has 1 amide bonds. The molecular formula is C22H21FN2O2. The number of halogens is 1. The first-order chi connectivity index (χ1) is 12.9. The predicted octanol–water partition coefficient (Wildman–Crippen LogP) is 3.16. The lowest BCUT2D eigenvalue weighted by atomic mass is 9.86. The normalized spacial score (nSPS) is 16.4. The van der Waals surface area contributed by atoms with Crippen molar-refractivity contribution in [3.05, 3.63) is 64.2 Å². The van der Waals surface area contributed by atoms with Crippen LogP contribution in [-0.4, -0.2) is 28.1 Å². The topological polar surface area (TPSA) is 50.3 Å². The summed E-state index contributed by atoms with van der Waals surface area (Å²) in [6.07, 6.45) is 1.83. The zero-order valence-electron chi connectivity index (χ0n) is 15.7. The van der Waals surface area contributed by atoms with Crippen molar-refractivity contribution in [3.63, 3.8) is 0 Å². The van der Waals surface area contributed by atoms with Crippen LogP contribution in [0.25, 0.3) is 0 Å². The summed E-state index contributed by atoms with van der Waals surface area (Å²) in [6.45, 7) is 5.94. The third kappa shape index (κ3) is 3.75. The van der Waals surface area contributed by atoms with Crippen molar-refractivity contribution in [2.75, 3.05) is 6.54 Å². The lowest BCUT2D eigenvalue weighted by molar-refractivity contribution is -0.130. The minimum atomic E-state index is -0.788. The van der Waals surface area contributed by atoms with E-state index in [1.807, 2.05) is 26.0 Å². The maximum atomic E-state index is 13.0. The average molecular weight is 364 g/mol. The van der Waals surface area contributed by atoms with E-state index in [0.29, 0.717) is 12.1 Å². The van der Waals surface area contributed by atoms with Crippen molar-refractivity contribution in [2.24, 2.45) is 0 Å². The zero-order chi connectivity index (χ0) is 19.6. The van der Waals surface area contributed by atoms with Crippen LogP contribution in [0, 0.1) is 24.6 Å². The van der Waals surface area contributed by atoms with Gasteiger partial charge in [0.05, 0.1) is 25.0 Å². The van der Waals surface area contributed by atoms with Gasteiger partial charge >= 0.3 is 0 Å². The van der Waals surface area contributed by atoms with E-state index < -0.39 is 11.7 Å². The number of hydrogen-bond donors (Lipinski definition) is 0. The summed E-state index contributed by atoms with van der Waals surface area (Å²) in [5.41, 5.74) is 4.12. The molecule has 4 nitrogen and oxygen atoms in total. The number of benzene rings is 1. The van der Waals surface area contributed by atoms with Gasteiger partial charge in [-0.3, -0.25) is 14.6 Å². The first kappa shape index (κ1) is 18.8. The Morgan fingerprint density at radius 2 is 2.07 bits per heavy atom. The van der Waals surface area contributed by atoms with E-state index in [1.54, 1.807) is 6.92 Å². The molecule has 1 aromatic carbocycles. The molecule has 27 heavy (non-hydrogen) atoms. The number of amides is 1. The number of likely N-dealkylation sites (tertiary alicyclic amines) is 1. The molecule has 1 aromatic heterocycles. The standard InChI is InChI=1S/C22H21FN2O2/c1-4-6-15-9-14(3)20(16(5-2)10-15)21-19(26)13-25(22(21)27)12-18-8-7-17(23)11-24-18/h7-11,21H,5,12-13H2,1-3H3. The highest BCUT2D eigenvalue weighted by Gasteiger charge is 2.41. The van der Waals surface area contributed by atoms with Crippen molar-refractivity contribution >= 4 is 11.7 Å². The Balaban J connectivity index is 1.93. The summed E-state index contributed by atoms with van der Waals surface area (Å²) in [7, 11) is 0. The molecule has 1 fully saturated rings. The van der Waals surface area contributed by atoms with Gasteiger partial charge < -0.3 is 4.90 Å². The van der Waals surface area contributed by atoms with E-state index in [0.717, 1.165) is 28.5 Å². The van der Waals surface area contributed by atoms with Crippen molar-refractivity contribution < 1.29 is 14.0 Å². The summed E-state index contributed by atoms with van der Waals surface area (Å²) >= 11 is 0. The van der Waals surface area contributed by atoms with Crippen molar-refractivity contribution in [2.45, 2.75) is 39.7 Å². The summed E-state index contributed by atoms with van der Waals surface area (Å²) in [5.74, 6) is 4.36. The first-order valence-corrected chi connectivity index (χ1v) is 8.92. The second-order valence-corrected chi connectivity index (χ2v) is 6.66. The number of Topliss-reactive ketones (excluding diaryl/α,β-unsaturated/α-hetero) is 1. The maximum absolute atomic E-state index is 13.0. The van der Waals surface area contributed by atoms with Gasteiger partial charge in [-0.05, 0) is 61.2 Å². The Morgan fingerprint density at radius 3 is 2.70 bits per heavy atom. The van der Waals surface area contributed by atoms with Crippen LogP contribution in [0.4, 0.5) is 4.39 Å². The third-order valence-corrected chi connectivity index (χ3v) is 4.78. The molecule has 138 valence electrons. The molecule has 2 heterocycles. The molecular weight excluding hydrogens is 343 g/mol. The summed E-state index contributed by atoms with van der Waals surface area (Å²) in [5, 5.41) is 0. The Labute approximate surface area is 158 Å². The molecule has 0 N–H and O–H groups in total. The molecule has 1 unspecified atom stereocenters. The van der Waals surface area contributed by atoms with Gasteiger partial charge in [-0.25, -0.2) is 4.39 Å². The summed E-state index contributed by atoms with van der Waals surface area (Å²) < 4.78 is 13.0. The van der Waals surface area contributed by atoms with Crippen molar-refractivity contribution in [3.8, 4) is 11.8 Å². The highest BCUT2D eigenvalue weighted by atomic mass is 19.1. The van der Waals surface area contributed by atoms with E-state index in [4.69, 9.17) is 0 Å². The van der Waals surface area contributed by atoms with E-state index in [9.17, 15) is 14.0 Å². The minimum absolute atomic E-state index is 0.0433. The van der Waals surface area contributed by atoms with Crippen LogP contribution in [-0.2, 0) is 22.6 Å². The Morgan fingerprint density at radius 1 is 1.30 bits per heavy atom. The number of rotatable bonds is 4. The van der Waals surface area contributed by atoms with Crippen LogP contribution in [0.5, 0.6) is 0 Å². The van der Waals surface area contributed by atoms with Crippen LogP contribution in [0.3, 0.4) is 0 Å². The van der Waals surface area contributed by atoms with Gasteiger partial charge in [0, 0.05) is 5.56 Å². The first-order valence-electron chi connectivity index (χ1n) is 8.92. The molecule has 1 aliphatic heterocycles. The molecule has 0 bridgehead atoms. The van der Waals surface area contributed by atoms with E-state index in [-0.39, 0.29) is 24.8 Å². The fourth-order valence-corrected chi connectivity index (χ4v) is 3.58. The molecule has 0 aliphatic carbocycles. The Bertz CT molecular complexity index is 955. The van der Waals surface area contributed by atoms with E-state index in [2.05, 4.69) is 16.8 Å². The van der Waals surface area contributed by atoms with Crippen LogP contribution in [0.1, 0.15) is 47.7 Å². The van der Waals surface area contributed by atoms with Crippen molar-refractivity contribution in [1.82, 2.24) is 9.88 Å². The molecule has 0 saturated carbocycles. The summed E-state index contributed by atoms with van der Waals surface area (Å²) in [6, 6.07) is 6.72. The maximum Gasteiger partial charge on any atom is 0.238 e. The monoisotopic (exact) mass is 364 g/mol. The number of aromatic nitrogens is 1. The highest BCUT2D eigenvalue weighted by Crippen LogP contribution is 2.33. The SMILES string of the molecule is CC#Cc1cc(C)c(C2C(=O)CN(Cc3ccc(F)cn3)C2=O)c(CC)c1. The predicted molar refractivity (Wildman–Crippen MR) is 100 cm³/mol. The number of nitrogens with zero attached hydrogens (tertiary/aromatic N) is 2. The fraction of sp³-hybridized carbons (Fsp3) is 0.318. The van der Waals surface area contributed by atoms with Gasteiger partial charge in [-0.2, -0.15) is 0 Å². The molecule has 0 radical (unpaired) electrons. The zero-order valence-corrected chi connectivity index (χ0v) is 15.7. The smallest absolute Gasteiger partial charge is 0.238 e. The number of hydrogen-bond acceptors (Lipinski definition) is 3. The second kappa shape index (κ2) is 7.71. The molecule has 1 aliphatic rings. The lowest BCUT2D eigenvalue weighted by Crippen LogP contribution is -2.27. The highest BCUT2D eigenvalue weighted by molar-refractivity contribution is 6.13. The quantitative estimate of drug-likeness (QED) is 0.619. The molecule has 2 aromatic rings. The lowest BCUT2D eigenvalue weighted by Gasteiger charge is -2.18. The van der Waals surface area contributed by atoms with E-state index >= 15 is 0 Å². The molecule has 3 rings (SSSR count). The minimum Gasteiger partial charge on any atom is -0.329 e. The van der Waals surface area contributed by atoms with Crippen LogP contribution >= 0.6 is 0 Å². The Kier molecular flexibility index (Phi) is 5.36. The van der Waals surface area contributed by atoms with Gasteiger partial charge in [0.15, 0.2) is 5.78 Å². The number of aryl methyl sites for hydroxylation is 2. The summed E-state index contributed by atoms with van der Waals surface area (Å²) in [4.78, 5) is 31.2. The van der Waals surface area contributed by atoms with Gasteiger partial charge in [0.1, 0.15) is 11.7 Å². The fourth-order valence-electron chi connectivity index (χ4n) is 3.58. The van der Waals surface area contributed by atoms with Crippen molar-refractivity contribution in [1.29, 1.82) is 0 Å². The van der Waals surface area contributed by atoms with Crippen LogP contribution < -0.4 is 0 Å². The second-order valence-electron chi connectivity index (χ2n) is 6.66. The number of carbonyl (C=O) groups excluding carboxylic acids is 2.